The van der Waals surface area contributed by atoms with Crippen LogP contribution < -0.4 is 43.0 Å². The Balaban J connectivity index is 2.11. The van der Waals surface area contributed by atoms with Crippen LogP contribution in [0.15, 0.2) is 72.8 Å². The predicted molar refractivity (Wildman–Crippen MR) is 230 cm³/mol. The molecule has 0 aliphatic carbocycles. The highest BCUT2D eigenvalue weighted by Gasteiger charge is 2.32. The Hall–Kier alpha value is -6.59. The van der Waals surface area contributed by atoms with Gasteiger partial charge in [0, 0.05) is 25.0 Å². The van der Waals surface area contributed by atoms with Crippen LogP contribution in [0, 0.1) is 17.8 Å². The van der Waals surface area contributed by atoms with Crippen LogP contribution in [-0.4, -0.2) is 101 Å². The smallest absolute Gasteiger partial charge is 0.326 e. The van der Waals surface area contributed by atoms with Gasteiger partial charge in [-0.2, -0.15) is 0 Å². The van der Waals surface area contributed by atoms with Gasteiger partial charge in [0.05, 0.1) is 6.54 Å². The molecule has 2 rings (SSSR count). The van der Waals surface area contributed by atoms with Crippen LogP contribution in [0.3, 0.4) is 0 Å². The molecular formula is C44H62N8O10. The van der Waals surface area contributed by atoms with Gasteiger partial charge in [0.15, 0.2) is 0 Å². The van der Waals surface area contributed by atoms with Gasteiger partial charge in [-0.15, -0.1) is 0 Å². The summed E-state index contributed by atoms with van der Waals surface area (Å²) in [6, 6.07) is 10.6. The summed E-state index contributed by atoms with van der Waals surface area (Å²) in [5, 5.41) is 27.2. The maximum atomic E-state index is 13.9. The summed E-state index contributed by atoms with van der Waals surface area (Å²) < 4.78 is 0. The number of carbonyl (C=O) groups excluding carboxylic acids is 8. The van der Waals surface area contributed by atoms with E-state index in [0.717, 1.165) is 12.2 Å². The van der Waals surface area contributed by atoms with Gasteiger partial charge in [0.2, 0.25) is 47.3 Å². The Kier molecular flexibility index (Phi) is 21.5. The highest BCUT2D eigenvalue weighted by Crippen LogP contribution is 2.12. The van der Waals surface area contributed by atoms with Gasteiger partial charge >= 0.3 is 5.97 Å². The van der Waals surface area contributed by atoms with Crippen molar-refractivity contribution in [3.05, 3.63) is 83.9 Å². The standard InChI is InChI=1S/C44H62N8O10/c1-25(2)20-31(41(58)51-32(21-26(3)4)43(60)52-38(27(5)6)39(45)56)50-42(59)33(22-29-14-10-8-11-15-29)48-36(54)19-18-35(53)47-28(7)40(57)46-24-37(55)49-34(44(61)62)23-30-16-12-9-13-17-30/h8-19,25-28,31-34,38H,20-24H2,1-7H3,(H2,45,56)(H,46,57)(H,47,53)(H,48,54)(H,49,55)(H,50,59)(H,51,58)(H,52,60)(H,61,62)/b19-18+/t28-,31-,32-,33-,34-,38-/m0/s1. The maximum absolute atomic E-state index is 13.9. The number of carboxylic acids is 1. The lowest BCUT2D eigenvalue weighted by Crippen LogP contribution is -2.59. The van der Waals surface area contributed by atoms with Crippen molar-refractivity contribution in [2.75, 3.05) is 6.54 Å². The van der Waals surface area contributed by atoms with E-state index in [1.165, 1.54) is 6.92 Å². The van der Waals surface area contributed by atoms with Gasteiger partial charge in [0.25, 0.3) is 0 Å². The first-order valence-corrected chi connectivity index (χ1v) is 20.5. The van der Waals surface area contributed by atoms with Gasteiger partial charge in [-0.05, 0) is 48.6 Å². The molecule has 338 valence electrons. The van der Waals surface area contributed by atoms with Crippen molar-refractivity contribution in [1.82, 2.24) is 37.2 Å². The number of hydrogen-bond acceptors (Lipinski definition) is 9. The van der Waals surface area contributed by atoms with Crippen LogP contribution in [0.4, 0.5) is 0 Å². The van der Waals surface area contributed by atoms with E-state index in [2.05, 4.69) is 37.2 Å². The topological polar surface area (TPSA) is 284 Å². The van der Waals surface area contributed by atoms with E-state index < -0.39 is 96.0 Å². The number of nitrogens with two attached hydrogens (primary N) is 1. The Bertz CT molecular complexity index is 1890. The van der Waals surface area contributed by atoms with E-state index in [9.17, 15) is 48.3 Å². The molecule has 0 aromatic heterocycles. The number of benzene rings is 2. The fourth-order valence-electron chi connectivity index (χ4n) is 6.14. The normalized spacial score (nSPS) is 14.1. The van der Waals surface area contributed by atoms with Crippen LogP contribution in [0.5, 0.6) is 0 Å². The molecule has 0 spiro atoms. The lowest BCUT2D eigenvalue weighted by Gasteiger charge is -2.28. The number of amides is 8. The molecule has 10 N–H and O–H groups in total. The number of hydrogen-bond donors (Lipinski definition) is 9. The highest BCUT2D eigenvalue weighted by atomic mass is 16.4. The molecule has 2 aromatic rings. The summed E-state index contributed by atoms with van der Waals surface area (Å²) in [7, 11) is 0. The minimum Gasteiger partial charge on any atom is -0.480 e. The molecule has 18 heteroatoms. The summed E-state index contributed by atoms with van der Waals surface area (Å²) in [5.74, 6) is -7.62. The largest absolute Gasteiger partial charge is 0.480 e. The number of carboxylic acid groups (broad SMARTS) is 1. The van der Waals surface area contributed by atoms with E-state index in [4.69, 9.17) is 5.73 Å². The van der Waals surface area contributed by atoms with Crippen LogP contribution in [-0.2, 0) is 56.0 Å². The number of aliphatic carboxylic acids is 1. The number of carbonyl (C=O) groups is 9. The Labute approximate surface area is 362 Å². The zero-order chi connectivity index (χ0) is 46.5. The molecule has 0 aliphatic heterocycles. The molecule has 6 atom stereocenters. The van der Waals surface area contributed by atoms with Crippen molar-refractivity contribution >= 4 is 53.2 Å². The molecule has 8 amide bonds. The summed E-state index contributed by atoms with van der Waals surface area (Å²) in [6.45, 7) is 11.6. The van der Waals surface area contributed by atoms with E-state index in [1.807, 2.05) is 27.7 Å². The van der Waals surface area contributed by atoms with Crippen molar-refractivity contribution in [3.8, 4) is 0 Å². The molecule has 0 aliphatic rings. The minimum absolute atomic E-state index is 0.000799. The van der Waals surface area contributed by atoms with Gasteiger partial charge < -0.3 is 48.1 Å². The molecular weight excluding hydrogens is 801 g/mol. The number of primary amides is 1. The van der Waals surface area contributed by atoms with Crippen molar-refractivity contribution in [2.45, 2.75) is 110 Å². The fraction of sp³-hybridized carbons (Fsp3) is 0.477. The van der Waals surface area contributed by atoms with Crippen LogP contribution in [0.2, 0.25) is 0 Å². The molecule has 0 unspecified atom stereocenters. The van der Waals surface area contributed by atoms with E-state index in [1.54, 1.807) is 74.5 Å². The summed E-state index contributed by atoms with van der Waals surface area (Å²) in [4.78, 5) is 116. The number of nitrogens with one attached hydrogen (secondary N) is 7. The molecule has 0 saturated heterocycles. The van der Waals surface area contributed by atoms with Crippen LogP contribution in [0.25, 0.3) is 0 Å². The van der Waals surface area contributed by atoms with E-state index in [0.29, 0.717) is 11.1 Å². The maximum Gasteiger partial charge on any atom is 0.326 e. The number of rotatable bonds is 25. The third kappa shape index (κ3) is 19.2. The van der Waals surface area contributed by atoms with E-state index in [-0.39, 0.29) is 43.4 Å². The summed E-state index contributed by atoms with van der Waals surface area (Å²) >= 11 is 0. The first-order valence-electron chi connectivity index (χ1n) is 20.5. The first-order chi connectivity index (χ1) is 29.2. The van der Waals surface area contributed by atoms with Gasteiger partial charge in [-0.3, -0.25) is 38.4 Å². The second-order valence-electron chi connectivity index (χ2n) is 16.2. The average molecular weight is 863 g/mol. The molecule has 62 heavy (non-hydrogen) atoms. The van der Waals surface area contributed by atoms with Gasteiger partial charge in [-0.25, -0.2) is 4.79 Å². The second-order valence-corrected chi connectivity index (χ2v) is 16.2. The van der Waals surface area contributed by atoms with Crippen molar-refractivity contribution < 1.29 is 48.3 Å². The molecule has 0 fully saturated rings. The van der Waals surface area contributed by atoms with Crippen molar-refractivity contribution in [3.63, 3.8) is 0 Å². The lowest BCUT2D eigenvalue weighted by atomic mass is 9.98. The third-order valence-electron chi connectivity index (χ3n) is 9.34. The predicted octanol–water partition coefficient (Wildman–Crippen LogP) is 0.391. The fourth-order valence-corrected chi connectivity index (χ4v) is 6.14. The van der Waals surface area contributed by atoms with Crippen molar-refractivity contribution in [1.29, 1.82) is 0 Å². The molecule has 0 saturated carbocycles. The zero-order valence-electron chi connectivity index (χ0n) is 36.4. The van der Waals surface area contributed by atoms with Crippen LogP contribution >= 0.6 is 0 Å². The monoisotopic (exact) mass is 862 g/mol. The molecule has 0 bridgehead atoms. The average Bonchev–Trinajstić information content (AvgIpc) is 3.20. The quantitative estimate of drug-likeness (QED) is 0.0620. The molecule has 0 radical (unpaired) electrons. The SMILES string of the molecule is CC(C)C[C@H](NC(=O)[C@H](Cc1ccccc1)NC(=O)/C=C/C(=O)N[C@@H](C)C(=O)NCC(=O)N[C@@H](Cc1ccccc1)C(=O)O)C(=O)N[C@@H](CC(C)C)C(=O)N[C@H](C(N)=O)C(C)C. The molecule has 0 heterocycles. The second kappa shape index (κ2) is 25.9. The minimum atomic E-state index is -1.26. The Morgan fingerprint density at radius 3 is 1.42 bits per heavy atom. The van der Waals surface area contributed by atoms with Gasteiger partial charge in [0.1, 0.15) is 36.3 Å². The Morgan fingerprint density at radius 1 is 0.548 bits per heavy atom. The molecule has 2 aromatic carbocycles. The Morgan fingerprint density at radius 2 is 0.984 bits per heavy atom. The highest BCUT2D eigenvalue weighted by molar-refractivity contribution is 6.01. The lowest BCUT2D eigenvalue weighted by molar-refractivity contribution is -0.141. The zero-order valence-corrected chi connectivity index (χ0v) is 36.4. The first kappa shape index (κ1) is 51.6. The summed E-state index contributed by atoms with van der Waals surface area (Å²) in [6.07, 6.45) is 2.13. The summed E-state index contributed by atoms with van der Waals surface area (Å²) in [5.41, 5.74) is 6.86. The van der Waals surface area contributed by atoms with Crippen LogP contribution in [0.1, 0.15) is 72.4 Å². The van der Waals surface area contributed by atoms with Crippen molar-refractivity contribution in [2.24, 2.45) is 23.5 Å². The third-order valence-corrected chi connectivity index (χ3v) is 9.34. The van der Waals surface area contributed by atoms with Gasteiger partial charge in [-0.1, -0.05) is 102 Å². The molecule has 18 nitrogen and oxygen atoms in total. The van der Waals surface area contributed by atoms with E-state index >= 15 is 0 Å².